The predicted octanol–water partition coefficient (Wildman–Crippen LogP) is 1.25. The van der Waals surface area contributed by atoms with E-state index < -0.39 is 17.3 Å². The highest BCUT2D eigenvalue weighted by Crippen LogP contribution is 2.33. The van der Waals surface area contributed by atoms with E-state index in [0.717, 1.165) is 15.7 Å². The van der Waals surface area contributed by atoms with Crippen LogP contribution in [0, 0.1) is 6.92 Å². The second kappa shape index (κ2) is 10.6. The number of imide groups is 1. The van der Waals surface area contributed by atoms with E-state index in [2.05, 4.69) is 11.0 Å². The first-order valence-corrected chi connectivity index (χ1v) is 13.9. The number of rotatable bonds is 6. The summed E-state index contributed by atoms with van der Waals surface area (Å²) in [6.45, 7) is 4.52. The number of anilines is 2. The summed E-state index contributed by atoms with van der Waals surface area (Å²) in [4.78, 5) is 62.7. The van der Waals surface area contributed by atoms with E-state index in [9.17, 15) is 19.2 Å². The smallest absolute Gasteiger partial charge is 0.332 e. The Bertz CT molecular complexity index is 1830. The lowest BCUT2D eigenvalue weighted by atomic mass is 10.1. The van der Waals surface area contributed by atoms with Gasteiger partial charge in [-0.05, 0) is 24.6 Å². The molecule has 1 unspecified atom stereocenters. The number of aryl methyl sites for hydroxylation is 2. The van der Waals surface area contributed by atoms with Gasteiger partial charge in [0, 0.05) is 40.3 Å². The SMILES string of the molecule is COc1ccccc1N1C(=O)CC(N2CCN(c3nc4c(c(=O)n(C)c(=O)n4C)n3Cc3cccc(C)c3)CC2)C1=O. The summed E-state index contributed by atoms with van der Waals surface area (Å²) in [7, 11) is 4.60. The Hall–Kier alpha value is -4.71. The Morgan fingerprint density at radius 2 is 1.67 bits per heavy atom. The van der Waals surface area contributed by atoms with Crippen molar-refractivity contribution in [2.45, 2.75) is 25.9 Å². The Kier molecular flexibility index (Phi) is 6.93. The molecule has 0 aliphatic carbocycles. The first-order valence-electron chi connectivity index (χ1n) is 13.9. The average Bonchev–Trinajstić information content (AvgIpc) is 3.51. The molecule has 0 radical (unpaired) electrons. The molecule has 12 heteroatoms. The number of amides is 2. The number of nitrogens with zero attached hydrogens (tertiary/aromatic N) is 7. The minimum Gasteiger partial charge on any atom is -0.495 e. The van der Waals surface area contributed by atoms with E-state index in [1.807, 2.05) is 34.6 Å². The summed E-state index contributed by atoms with van der Waals surface area (Å²) in [6, 6.07) is 14.5. The second-order valence-electron chi connectivity index (χ2n) is 10.8. The summed E-state index contributed by atoms with van der Waals surface area (Å²) in [5.41, 5.74) is 2.42. The van der Waals surface area contributed by atoms with Gasteiger partial charge in [-0.3, -0.25) is 33.0 Å². The Balaban J connectivity index is 1.29. The van der Waals surface area contributed by atoms with Gasteiger partial charge < -0.3 is 9.64 Å². The third-order valence-electron chi connectivity index (χ3n) is 8.24. The molecule has 0 N–H and O–H groups in total. The first kappa shape index (κ1) is 27.5. The number of aromatic nitrogens is 4. The van der Waals surface area contributed by atoms with Gasteiger partial charge in [-0.1, -0.05) is 42.0 Å². The Morgan fingerprint density at radius 1 is 0.929 bits per heavy atom. The maximum absolute atomic E-state index is 13.5. The van der Waals surface area contributed by atoms with Gasteiger partial charge in [0.05, 0.1) is 31.8 Å². The quantitative estimate of drug-likeness (QED) is 0.318. The molecule has 0 bridgehead atoms. The lowest BCUT2D eigenvalue weighted by molar-refractivity contribution is -0.123. The van der Waals surface area contributed by atoms with Crippen molar-refractivity contribution in [3.05, 3.63) is 80.5 Å². The summed E-state index contributed by atoms with van der Waals surface area (Å²) in [5, 5.41) is 0. The molecular weight excluding hydrogens is 538 g/mol. The van der Waals surface area contributed by atoms with Gasteiger partial charge in [-0.2, -0.15) is 4.98 Å². The van der Waals surface area contributed by atoms with Crippen LogP contribution in [0.15, 0.2) is 58.1 Å². The van der Waals surface area contributed by atoms with Crippen LogP contribution in [0.25, 0.3) is 11.2 Å². The fourth-order valence-electron chi connectivity index (χ4n) is 6.02. The number of hydrogen-bond donors (Lipinski definition) is 0. The van der Waals surface area contributed by atoms with Crippen LogP contribution in [0.2, 0.25) is 0 Å². The molecule has 2 aliphatic rings. The monoisotopic (exact) mass is 571 g/mol. The molecule has 6 rings (SSSR count). The van der Waals surface area contributed by atoms with Gasteiger partial charge in [0.25, 0.3) is 11.5 Å². The number of ether oxygens (including phenoxy) is 1. The normalized spacial score (nSPS) is 18.0. The molecule has 1 atom stereocenters. The molecule has 2 amide bonds. The zero-order valence-corrected chi connectivity index (χ0v) is 24.1. The molecule has 12 nitrogen and oxygen atoms in total. The lowest BCUT2D eigenvalue weighted by Crippen LogP contribution is -2.53. The van der Waals surface area contributed by atoms with Crippen molar-refractivity contribution in [1.29, 1.82) is 0 Å². The van der Waals surface area contributed by atoms with Crippen LogP contribution in [0.1, 0.15) is 17.5 Å². The van der Waals surface area contributed by atoms with E-state index >= 15 is 0 Å². The summed E-state index contributed by atoms with van der Waals surface area (Å²) < 4.78 is 9.79. The van der Waals surface area contributed by atoms with Gasteiger partial charge >= 0.3 is 5.69 Å². The predicted molar refractivity (Wildman–Crippen MR) is 158 cm³/mol. The topological polar surface area (TPSA) is 115 Å². The molecule has 0 saturated carbocycles. The first-order chi connectivity index (χ1) is 20.2. The molecule has 2 aromatic carbocycles. The lowest BCUT2D eigenvalue weighted by Gasteiger charge is -2.37. The number of imidazole rings is 1. The minimum absolute atomic E-state index is 0.0981. The standard InChI is InChI=1S/C30H33N7O5/c1-19-8-7-9-20(16-19)18-36-25-26(32(2)30(41)33(3)28(25)40)31-29(36)35-14-12-34(13-15-35)22-17-24(38)37(27(22)39)21-10-5-6-11-23(21)42-4/h5-11,16,22H,12-15,17-18H2,1-4H3. The fraction of sp³-hybridized carbons (Fsp3) is 0.367. The molecule has 218 valence electrons. The second-order valence-corrected chi connectivity index (χ2v) is 10.8. The van der Waals surface area contributed by atoms with Gasteiger partial charge in [0.2, 0.25) is 11.9 Å². The molecule has 0 spiro atoms. The third kappa shape index (κ3) is 4.48. The number of carbonyl (C=O) groups excluding carboxylic acids is 2. The highest BCUT2D eigenvalue weighted by molar-refractivity contribution is 6.23. The molecule has 42 heavy (non-hydrogen) atoms. The van der Waals surface area contributed by atoms with Gasteiger partial charge in [-0.25, -0.2) is 9.69 Å². The van der Waals surface area contributed by atoms with Crippen molar-refractivity contribution in [2.24, 2.45) is 14.1 Å². The van der Waals surface area contributed by atoms with Gasteiger partial charge in [-0.15, -0.1) is 0 Å². The van der Waals surface area contributed by atoms with Crippen LogP contribution in [0.5, 0.6) is 5.75 Å². The molecule has 2 aliphatic heterocycles. The largest absolute Gasteiger partial charge is 0.495 e. The van der Waals surface area contributed by atoms with E-state index in [1.165, 1.54) is 23.6 Å². The van der Waals surface area contributed by atoms with Crippen molar-refractivity contribution >= 4 is 34.6 Å². The van der Waals surface area contributed by atoms with Crippen molar-refractivity contribution in [1.82, 2.24) is 23.6 Å². The van der Waals surface area contributed by atoms with E-state index in [4.69, 9.17) is 9.72 Å². The highest BCUT2D eigenvalue weighted by Gasteiger charge is 2.44. The molecule has 4 heterocycles. The van der Waals surface area contributed by atoms with Crippen LogP contribution >= 0.6 is 0 Å². The number of para-hydroxylation sites is 2. The summed E-state index contributed by atoms with van der Waals surface area (Å²) in [5.74, 6) is 0.545. The van der Waals surface area contributed by atoms with E-state index in [-0.39, 0.29) is 18.2 Å². The molecule has 2 fully saturated rings. The summed E-state index contributed by atoms with van der Waals surface area (Å²) in [6.07, 6.45) is 0.0981. The average molecular weight is 572 g/mol. The zero-order chi connectivity index (χ0) is 29.7. The molecular formula is C30H33N7O5. The maximum Gasteiger partial charge on any atom is 0.332 e. The van der Waals surface area contributed by atoms with E-state index in [1.54, 1.807) is 31.3 Å². The number of hydrogen-bond acceptors (Lipinski definition) is 8. The number of fused-ring (bicyclic) bond motifs is 1. The highest BCUT2D eigenvalue weighted by atomic mass is 16.5. The van der Waals surface area contributed by atoms with Crippen molar-refractivity contribution < 1.29 is 14.3 Å². The molecule has 2 aromatic heterocycles. The number of benzene rings is 2. The zero-order valence-electron chi connectivity index (χ0n) is 24.1. The maximum atomic E-state index is 13.5. The molecule has 2 saturated heterocycles. The van der Waals surface area contributed by atoms with Crippen molar-refractivity contribution in [3.8, 4) is 5.75 Å². The van der Waals surface area contributed by atoms with Crippen molar-refractivity contribution in [3.63, 3.8) is 0 Å². The summed E-state index contributed by atoms with van der Waals surface area (Å²) >= 11 is 0. The number of carbonyl (C=O) groups is 2. The van der Waals surface area contributed by atoms with Crippen LogP contribution < -0.4 is 25.8 Å². The minimum atomic E-state index is -0.566. The third-order valence-corrected chi connectivity index (χ3v) is 8.24. The number of methoxy groups -OCH3 is 1. The van der Waals surface area contributed by atoms with Crippen LogP contribution in [-0.4, -0.2) is 74.7 Å². The Morgan fingerprint density at radius 3 is 2.38 bits per heavy atom. The van der Waals surface area contributed by atoms with Crippen LogP contribution in [0.4, 0.5) is 11.6 Å². The fourth-order valence-corrected chi connectivity index (χ4v) is 6.02. The van der Waals surface area contributed by atoms with Gasteiger partial charge in [0.15, 0.2) is 11.2 Å². The van der Waals surface area contributed by atoms with Crippen molar-refractivity contribution in [2.75, 3.05) is 43.1 Å². The van der Waals surface area contributed by atoms with E-state index in [0.29, 0.717) is 61.3 Å². The van der Waals surface area contributed by atoms with Crippen LogP contribution in [-0.2, 0) is 30.2 Å². The van der Waals surface area contributed by atoms with Crippen LogP contribution in [0.3, 0.4) is 0 Å². The number of piperazine rings is 1. The van der Waals surface area contributed by atoms with Gasteiger partial charge in [0.1, 0.15) is 5.75 Å². The molecule has 4 aromatic rings. The Labute approximate surface area is 241 Å².